The van der Waals surface area contributed by atoms with Gasteiger partial charge >= 0.3 is 0 Å². The van der Waals surface area contributed by atoms with Crippen LogP contribution in [0, 0.1) is 5.82 Å². The lowest BCUT2D eigenvalue weighted by atomic mass is 10.0. The first-order chi connectivity index (χ1) is 5.66. The van der Waals surface area contributed by atoms with Gasteiger partial charge in [-0.15, -0.1) is 0 Å². The Morgan fingerprint density at radius 2 is 2.25 bits per heavy atom. The summed E-state index contributed by atoms with van der Waals surface area (Å²) in [5.41, 5.74) is 6.67. The van der Waals surface area contributed by atoms with Gasteiger partial charge in [-0.2, -0.15) is 0 Å². The zero-order chi connectivity index (χ0) is 9.14. The summed E-state index contributed by atoms with van der Waals surface area (Å²) in [5, 5.41) is 0. The van der Waals surface area contributed by atoms with E-state index in [-0.39, 0.29) is 10.8 Å². The Balaban J connectivity index is 3.27. The van der Waals surface area contributed by atoms with E-state index in [1.54, 1.807) is 12.1 Å². The molecular weight excluding hydrogens is 173 g/mol. The van der Waals surface area contributed by atoms with Gasteiger partial charge in [-0.05, 0) is 18.1 Å². The summed E-state index contributed by atoms with van der Waals surface area (Å²) in [6, 6.07) is 4.77. The number of hydrogen-bond acceptors (Lipinski definition) is 1. The Bertz CT molecular complexity index is 309. The molecule has 3 heteroatoms. The highest BCUT2D eigenvalue weighted by molar-refractivity contribution is 7.80. The van der Waals surface area contributed by atoms with Crippen LogP contribution in [0.1, 0.15) is 18.1 Å². The predicted molar refractivity (Wildman–Crippen MR) is 51.7 cm³/mol. The monoisotopic (exact) mass is 183 g/mol. The molecule has 2 N–H and O–H groups in total. The summed E-state index contributed by atoms with van der Waals surface area (Å²) in [5.74, 6) is -0.234. The number of nitrogens with two attached hydrogens (primary N) is 1. The summed E-state index contributed by atoms with van der Waals surface area (Å²) in [4.78, 5) is 0.256. The van der Waals surface area contributed by atoms with Crippen molar-refractivity contribution in [3.05, 3.63) is 35.1 Å². The van der Waals surface area contributed by atoms with Crippen LogP contribution in [0.15, 0.2) is 18.2 Å². The van der Waals surface area contributed by atoms with Crippen molar-refractivity contribution in [3.8, 4) is 0 Å². The van der Waals surface area contributed by atoms with Gasteiger partial charge in [-0.1, -0.05) is 31.3 Å². The molecule has 0 bridgehead atoms. The average molecular weight is 183 g/mol. The topological polar surface area (TPSA) is 26.0 Å². The lowest BCUT2D eigenvalue weighted by molar-refractivity contribution is 0.612. The first kappa shape index (κ1) is 9.13. The molecular formula is C9H10FNS. The van der Waals surface area contributed by atoms with Crippen molar-refractivity contribution in [2.24, 2.45) is 5.73 Å². The van der Waals surface area contributed by atoms with E-state index in [0.717, 1.165) is 0 Å². The molecule has 0 heterocycles. The maximum Gasteiger partial charge on any atom is 0.127 e. The molecule has 1 aromatic carbocycles. The van der Waals surface area contributed by atoms with Crippen LogP contribution in [0.3, 0.4) is 0 Å². The van der Waals surface area contributed by atoms with Crippen LogP contribution < -0.4 is 5.73 Å². The number of benzene rings is 1. The minimum Gasteiger partial charge on any atom is -0.389 e. The molecule has 0 unspecified atom stereocenters. The molecule has 0 radical (unpaired) electrons. The van der Waals surface area contributed by atoms with E-state index in [2.05, 4.69) is 0 Å². The normalized spacial score (nSPS) is 9.83. The van der Waals surface area contributed by atoms with Crippen molar-refractivity contribution in [3.63, 3.8) is 0 Å². The molecule has 64 valence electrons. The Hall–Kier alpha value is -0.960. The average Bonchev–Trinajstić information content (AvgIpc) is 2.03. The fourth-order valence-electron chi connectivity index (χ4n) is 1.15. The quantitative estimate of drug-likeness (QED) is 0.710. The van der Waals surface area contributed by atoms with Gasteiger partial charge in [-0.25, -0.2) is 4.39 Å². The van der Waals surface area contributed by atoms with E-state index in [4.69, 9.17) is 18.0 Å². The molecule has 1 nitrogen and oxygen atoms in total. The maximum absolute atomic E-state index is 13.1. The number of thiocarbonyl (C=S) groups is 1. The van der Waals surface area contributed by atoms with Crippen LogP contribution in [0.25, 0.3) is 0 Å². The highest BCUT2D eigenvalue weighted by Crippen LogP contribution is 2.13. The van der Waals surface area contributed by atoms with Crippen molar-refractivity contribution in [2.45, 2.75) is 13.3 Å². The third kappa shape index (κ3) is 1.61. The first-order valence-electron chi connectivity index (χ1n) is 3.74. The lowest BCUT2D eigenvalue weighted by Gasteiger charge is -2.05. The second kappa shape index (κ2) is 3.63. The molecule has 0 aliphatic rings. The van der Waals surface area contributed by atoms with E-state index in [0.29, 0.717) is 17.5 Å². The van der Waals surface area contributed by atoms with Crippen molar-refractivity contribution >= 4 is 17.2 Å². The Morgan fingerprint density at radius 3 is 2.67 bits per heavy atom. The van der Waals surface area contributed by atoms with Crippen LogP contribution >= 0.6 is 12.2 Å². The molecule has 0 fully saturated rings. The van der Waals surface area contributed by atoms with Gasteiger partial charge in [0.05, 0.1) is 0 Å². The summed E-state index contributed by atoms with van der Waals surface area (Å²) in [6.45, 7) is 1.88. The largest absolute Gasteiger partial charge is 0.389 e. The van der Waals surface area contributed by atoms with E-state index in [9.17, 15) is 4.39 Å². The summed E-state index contributed by atoms with van der Waals surface area (Å²) in [6.07, 6.45) is 0.610. The van der Waals surface area contributed by atoms with E-state index >= 15 is 0 Å². The SMILES string of the molecule is CCc1c(F)cccc1C(N)=S. The number of hydrogen-bond donors (Lipinski definition) is 1. The standard InChI is InChI=1S/C9H10FNS/c1-2-6-7(9(11)12)4-3-5-8(6)10/h3-5H,2H2,1H3,(H2,11,12). The predicted octanol–water partition coefficient (Wildman–Crippen LogP) is 2.02. The van der Waals surface area contributed by atoms with Gasteiger partial charge in [0.15, 0.2) is 0 Å². The van der Waals surface area contributed by atoms with Gasteiger partial charge in [0.25, 0.3) is 0 Å². The van der Waals surface area contributed by atoms with Crippen molar-refractivity contribution in [1.82, 2.24) is 0 Å². The smallest absolute Gasteiger partial charge is 0.127 e. The fraction of sp³-hybridized carbons (Fsp3) is 0.222. The molecule has 0 aromatic heterocycles. The van der Waals surface area contributed by atoms with Gasteiger partial charge < -0.3 is 5.73 Å². The molecule has 0 spiro atoms. The van der Waals surface area contributed by atoms with Crippen LogP contribution in [-0.2, 0) is 6.42 Å². The molecule has 0 atom stereocenters. The molecule has 0 saturated carbocycles. The minimum absolute atomic E-state index is 0.234. The molecule has 0 aliphatic carbocycles. The summed E-state index contributed by atoms with van der Waals surface area (Å²) >= 11 is 4.79. The number of halogens is 1. The van der Waals surface area contributed by atoms with Crippen LogP contribution in [-0.4, -0.2) is 4.99 Å². The highest BCUT2D eigenvalue weighted by atomic mass is 32.1. The lowest BCUT2D eigenvalue weighted by Crippen LogP contribution is -2.13. The van der Waals surface area contributed by atoms with Crippen molar-refractivity contribution in [1.29, 1.82) is 0 Å². The van der Waals surface area contributed by atoms with Crippen LogP contribution in [0.5, 0.6) is 0 Å². The first-order valence-corrected chi connectivity index (χ1v) is 4.14. The zero-order valence-corrected chi connectivity index (χ0v) is 7.62. The Labute approximate surface area is 76.4 Å². The van der Waals surface area contributed by atoms with Gasteiger partial charge in [0, 0.05) is 5.56 Å². The maximum atomic E-state index is 13.1. The van der Waals surface area contributed by atoms with Crippen molar-refractivity contribution < 1.29 is 4.39 Å². The van der Waals surface area contributed by atoms with Gasteiger partial charge in [0.2, 0.25) is 0 Å². The summed E-state index contributed by atoms with van der Waals surface area (Å²) < 4.78 is 13.1. The van der Waals surface area contributed by atoms with Crippen LogP contribution in [0.4, 0.5) is 4.39 Å². The Kier molecular flexibility index (Phi) is 2.76. The second-order valence-corrected chi connectivity index (χ2v) is 2.92. The van der Waals surface area contributed by atoms with Gasteiger partial charge in [0.1, 0.15) is 10.8 Å². The van der Waals surface area contributed by atoms with E-state index in [1.807, 2.05) is 6.92 Å². The second-order valence-electron chi connectivity index (χ2n) is 2.48. The summed E-state index contributed by atoms with van der Waals surface area (Å²) in [7, 11) is 0. The van der Waals surface area contributed by atoms with E-state index in [1.165, 1.54) is 6.07 Å². The highest BCUT2D eigenvalue weighted by Gasteiger charge is 2.07. The molecule has 0 amide bonds. The zero-order valence-electron chi connectivity index (χ0n) is 6.80. The minimum atomic E-state index is -0.234. The Morgan fingerprint density at radius 1 is 1.58 bits per heavy atom. The number of rotatable bonds is 2. The van der Waals surface area contributed by atoms with Gasteiger partial charge in [-0.3, -0.25) is 0 Å². The fourth-order valence-corrected chi connectivity index (χ4v) is 1.34. The molecule has 0 aliphatic heterocycles. The van der Waals surface area contributed by atoms with Crippen molar-refractivity contribution in [2.75, 3.05) is 0 Å². The third-order valence-electron chi connectivity index (χ3n) is 1.74. The third-order valence-corrected chi connectivity index (χ3v) is 1.96. The van der Waals surface area contributed by atoms with Crippen LogP contribution in [0.2, 0.25) is 0 Å². The van der Waals surface area contributed by atoms with E-state index < -0.39 is 0 Å². The molecule has 12 heavy (non-hydrogen) atoms. The molecule has 0 saturated heterocycles. The molecule has 1 rings (SSSR count). The molecule has 1 aromatic rings.